The van der Waals surface area contributed by atoms with Gasteiger partial charge in [0.2, 0.25) is 0 Å². The zero-order valence-corrected chi connectivity index (χ0v) is 17.4. The van der Waals surface area contributed by atoms with Crippen molar-refractivity contribution in [3.05, 3.63) is 114 Å². The molecule has 3 nitrogen and oxygen atoms in total. The molecule has 5 rings (SSSR count). The summed E-state index contributed by atoms with van der Waals surface area (Å²) < 4.78 is 0. The molecule has 0 saturated carbocycles. The number of nitrogens with zero attached hydrogens (tertiary/aromatic N) is 3. The van der Waals surface area contributed by atoms with Gasteiger partial charge in [-0.2, -0.15) is 0 Å². The molecule has 1 aromatic heterocycles. The quantitative estimate of drug-likeness (QED) is 0.309. The van der Waals surface area contributed by atoms with Gasteiger partial charge in [0, 0.05) is 21.7 Å². The highest BCUT2D eigenvalue weighted by atomic mass is 35.5. The Hall–Kier alpha value is -3.82. The van der Waals surface area contributed by atoms with Crippen molar-refractivity contribution >= 4 is 11.6 Å². The van der Waals surface area contributed by atoms with E-state index in [-0.39, 0.29) is 0 Å². The molecular weight excluding hydrogens is 402 g/mol. The highest BCUT2D eigenvalue weighted by Crippen LogP contribution is 2.27. The first-order valence-corrected chi connectivity index (χ1v) is 10.4. The molecular formula is C27H18ClN3. The highest BCUT2D eigenvalue weighted by molar-refractivity contribution is 6.30. The van der Waals surface area contributed by atoms with Crippen LogP contribution in [0.25, 0.3) is 45.3 Å². The van der Waals surface area contributed by atoms with Crippen LogP contribution in [0.15, 0.2) is 109 Å². The van der Waals surface area contributed by atoms with E-state index in [1.165, 1.54) is 5.56 Å². The van der Waals surface area contributed by atoms with Crippen LogP contribution in [0.1, 0.15) is 0 Å². The summed E-state index contributed by atoms with van der Waals surface area (Å²) in [4.78, 5) is 14.3. The van der Waals surface area contributed by atoms with Gasteiger partial charge in [0.05, 0.1) is 0 Å². The second-order valence-electron chi connectivity index (χ2n) is 7.13. The van der Waals surface area contributed by atoms with Crippen LogP contribution in [0.4, 0.5) is 0 Å². The largest absolute Gasteiger partial charge is 0.208 e. The van der Waals surface area contributed by atoms with E-state index in [2.05, 4.69) is 24.3 Å². The predicted octanol–water partition coefficient (Wildman–Crippen LogP) is 7.19. The topological polar surface area (TPSA) is 38.7 Å². The Morgan fingerprint density at radius 3 is 1.39 bits per heavy atom. The third-order valence-electron chi connectivity index (χ3n) is 5.00. The van der Waals surface area contributed by atoms with Crippen molar-refractivity contribution in [1.82, 2.24) is 15.0 Å². The van der Waals surface area contributed by atoms with Gasteiger partial charge in [-0.1, -0.05) is 109 Å². The van der Waals surface area contributed by atoms with Crippen LogP contribution in [0.2, 0.25) is 5.02 Å². The summed E-state index contributed by atoms with van der Waals surface area (Å²) in [6, 6.07) is 36.1. The number of hydrogen-bond acceptors (Lipinski definition) is 3. The van der Waals surface area contributed by atoms with E-state index in [9.17, 15) is 0 Å². The number of rotatable bonds is 4. The minimum Gasteiger partial charge on any atom is -0.208 e. The third-order valence-corrected chi connectivity index (χ3v) is 5.24. The van der Waals surface area contributed by atoms with Crippen molar-refractivity contribution < 1.29 is 0 Å². The van der Waals surface area contributed by atoms with Crippen LogP contribution in [0.5, 0.6) is 0 Å². The molecule has 148 valence electrons. The maximum atomic E-state index is 6.21. The van der Waals surface area contributed by atoms with E-state index >= 15 is 0 Å². The molecule has 0 aliphatic carbocycles. The summed E-state index contributed by atoms with van der Waals surface area (Å²) in [7, 11) is 0. The molecule has 5 aromatic rings. The molecule has 0 spiro atoms. The van der Waals surface area contributed by atoms with Gasteiger partial charge in [0.15, 0.2) is 17.5 Å². The van der Waals surface area contributed by atoms with Crippen LogP contribution in [-0.4, -0.2) is 15.0 Å². The van der Waals surface area contributed by atoms with E-state index in [1.54, 1.807) is 0 Å². The second-order valence-corrected chi connectivity index (χ2v) is 7.56. The molecule has 31 heavy (non-hydrogen) atoms. The van der Waals surface area contributed by atoms with Crippen molar-refractivity contribution in [2.45, 2.75) is 0 Å². The zero-order valence-electron chi connectivity index (χ0n) is 16.6. The van der Waals surface area contributed by atoms with Crippen LogP contribution >= 0.6 is 11.6 Å². The Morgan fingerprint density at radius 2 is 0.806 bits per heavy atom. The number of hydrogen-bond donors (Lipinski definition) is 0. The second kappa shape index (κ2) is 8.50. The SMILES string of the molecule is Clc1cccc(-c2nc(-c3ccccc3)nc(-c3ccc(-c4ccccc4)cc3)n2)c1. The van der Waals surface area contributed by atoms with Gasteiger partial charge in [0.1, 0.15) is 0 Å². The van der Waals surface area contributed by atoms with E-state index in [4.69, 9.17) is 26.6 Å². The van der Waals surface area contributed by atoms with Crippen LogP contribution < -0.4 is 0 Å². The van der Waals surface area contributed by atoms with Gasteiger partial charge >= 0.3 is 0 Å². The third kappa shape index (κ3) is 4.23. The molecule has 0 radical (unpaired) electrons. The minimum atomic E-state index is 0.596. The van der Waals surface area contributed by atoms with E-state index in [0.29, 0.717) is 22.5 Å². The van der Waals surface area contributed by atoms with Crippen LogP contribution in [0.3, 0.4) is 0 Å². The van der Waals surface area contributed by atoms with Gasteiger partial charge < -0.3 is 0 Å². The van der Waals surface area contributed by atoms with Gasteiger partial charge in [-0.15, -0.1) is 0 Å². The van der Waals surface area contributed by atoms with Crippen LogP contribution in [-0.2, 0) is 0 Å². The molecule has 0 amide bonds. The predicted molar refractivity (Wildman–Crippen MR) is 127 cm³/mol. The highest BCUT2D eigenvalue weighted by Gasteiger charge is 2.12. The molecule has 0 N–H and O–H groups in total. The molecule has 0 unspecified atom stereocenters. The molecule has 0 saturated heterocycles. The van der Waals surface area contributed by atoms with Crippen molar-refractivity contribution in [3.63, 3.8) is 0 Å². The summed E-state index contributed by atoms with van der Waals surface area (Å²) in [5.41, 5.74) is 5.05. The maximum Gasteiger partial charge on any atom is 0.164 e. The summed E-state index contributed by atoms with van der Waals surface area (Å²) in [6.07, 6.45) is 0. The van der Waals surface area contributed by atoms with E-state index in [1.807, 2.05) is 84.9 Å². The normalized spacial score (nSPS) is 10.7. The lowest BCUT2D eigenvalue weighted by Crippen LogP contribution is -2.00. The summed E-state index contributed by atoms with van der Waals surface area (Å²) in [6.45, 7) is 0. The Kier molecular flexibility index (Phi) is 5.26. The monoisotopic (exact) mass is 419 g/mol. The molecule has 1 heterocycles. The average molecular weight is 420 g/mol. The summed E-state index contributed by atoms with van der Waals surface area (Å²) in [5.74, 6) is 1.86. The molecule has 0 aliphatic rings. The number of benzene rings is 4. The summed E-state index contributed by atoms with van der Waals surface area (Å²) >= 11 is 6.21. The van der Waals surface area contributed by atoms with Gasteiger partial charge in [-0.05, 0) is 23.3 Å². The van der Waals surface area contributed by atoms with Crippen molar-refractivity contribution in [2.24, 2.45) is 0 Å². The molecule has 0 atom stereocenters. The molecule has 0 aliphatic heterocycles. The molecule has 4 aromatic carbocycles. The smallest absolute Gasteiger partial charge is 0.164 e. The summed E-state index contributed by atoms with van der Waals surface area (Å²) in [5, 5.41) is 0.646. The molecule has 0 bridgehead atoms. The lowest BCUT2D eigenvalue weighted by atomic mass is 10.0. The zero-order chi connectivity index (χ0) is 21.0. The molecule has 4 heteroatoms. The molecule has 0 fully saturated rings. The van der Waals surface area contributed by atoms with Gasteiger partial charge in [0.25, 0.3) is 0 Å². The van der Waals surface area contributed by atoms with Crippen molar-refractivity contribution in [1.29, 1.82) is 0 Å². The first-order valence-electron chi connectivity index (χ1n) is 9.99. The Morgan fingerprint density at radius 1 is 0.387 bits per heavy atom. The van der Waals surface area contributed by atoms with Crippen LogP contribution in [0, 0.1) is 0 Å². The Balaban J connectivity index is 1.61. The van der Waals surface area contributed by atoms with Crippen molar-refractivity contribution in [3.8, 4) is 45.3 Å². The van der Waals surface area contributed by atoms with Gasteiger partial charge in [-0.3, -0.25) is 0 Å². The van der Waals surface area contributed by atoms with E-state index < -0.39 is 0 Å². The number of halogens is 1. The van der Waals surface area contributed by atoms with Gasteiger partial charge in [-0.25, -0.2) is 15.0 Å². The standard InChI is InChI=1S/C27H18ClN3/c28-24-13-7-12-23(18-24)27-30-25(21-10-5-2-6-11-21)29-26(31-27)22-16-14-20(15-17-22)19-8-3-1-4-9-19/h1-18H. The minimum absolute atomic E-state index is 0.596. The Bertz CT molecular complexity index is 1320. The Labute approximate surface area is 186 Å². The fourth-order valence-electron chi connectivity index (χ4n) is 3.42. The first kappa shape index (κ1) is 19.2. The maximum absolute atomic E-state index is 6.21. The first-order chi connectivity index (χ1) is 15.3. The fraction of sp³-hybridized carbons (Fsp3) is 0. The fourth-order valence-corrected chi connectivity index (χ4v) is 3.61. The van der Waals surface area contributed by atoms with E-state index in [0.717, 1.165) is 22.3 Å². The average Bonchev–Trinajstić information content (AvgIpc) is 2.85. The lowest BCUT2D eigenvalue weighted by Gasteiger charge is -2.09. The van der Waals surface area contributed by atoms with Crippen molar-refractivity contribution in [2.75, 3.05) is 0 Å². The number of aromatic nitrogens is 3. The lowest BCUT2D eigenvalue weighted by molar-refractivity contribution is 1.07.